The van der Waals surface area contributed by atoms with E-state index < -0.39 is 24.2 Å². The molecule has 0 amide bonds. The number of hydrogen-bond donors (Lipinski definition) is 5. The molecule has 1 aliphatic rings. The van der Waals surface area contributed by atoms with Gasteiger partial charge in [-0.25, -0.2) is 4.68 Å². The summed E-state index contributed by atoms with van der Waals surface area (Å²) in [5.74, 6) is -0.346. The average molecular weight is 281 g/mol. The molecule has 2 aromatic rings. The van der Waals surface area contributed by atoms with Gasteiger partial charge in [0, 0.05) is 12.5 Å². The SMILES string of the molecule is Nc1nc(N)c2nnn([C@@H]3C[C@H](CO)[C@H](O)[C@H]3O)c2n1. The van der Waals surface area contributed by atoms with Gasteiger partial charge in [0.05, 0.1) is 12.1 Å². The molecule has 2 heterocycles. The van der Waals surface area contributed by atoms with Crippen molar-refractivity contribution < 1.29 is 15.3 Å². The molecule has 3 rings (SSSR count). The fraction of sp³-hybridized carbons (Fsp3) is 0.600. The van der Waals surface area contributed by atoms with E-state index in [4.69, 9.17) is 11.5 Å². The van der Waals surface area contributed by atoms with Crippen LogP contribution in [0.1, 0.15) is 12.5 Å². The second-order valence-corrected chi connectivity index (χ2v) is 4.90. The predicted molar refractivity (Wildman–Crippen MR) is 68.2 cm³/mol. The van der Waals surface area contributed by atoms with E-state index in [1.807, 2.05) is 0 Å². The minimum Gasteiger partial charge on any atom is -0.396 e. The lowest BCUT2D eigenvalue weighted by molar-refractivity contribution is -0.00511. The first kappa shape index (κ1) is 13.0. The van der Waals surface area contributed by atoms with Crippen molar-refractivity contribution >= 4 is 22.9 Å². The summed E-state index contributed by atoms with van der Waals surface area (Å²) in [6.45, 7) is -0.222. The molecular formula is C10H15N7O3. The number of nitrogens with two attached hydrogens (primary N) is 2. The number of aromatic nitrogens is 5. The van der Waals surface area contributed by atoms with Gasteiger partial charge in [0.25, 0.3) is 0 Å². The molecule has 0 saturated heterocycles. The Morgan fingerprint density at radius 1 is 1.20 bits per heavy atom. The normalized spacial score (nSPS) is 30.1. The highest BCUT2D eigenvalue weighted by atomic mass is 16.3. The molecule has 0 bridgehead atoms. The van der Waals surface area contributed by atoms with E-state index in [0.29, 0.717) is 12.1 Å². The summed E-state index contributed by atoms with van der Waals surface area (Å²) in [5, 5.41) is 36.9. The quantitative estimate of drug-likeness (QED) is 0.404. The van der Waals surface area contributed by atoms with Crippen molar-refractivity contribution in [3.63, 3.8) is 0 Å². The van der Waals surface area contributed by atoms with Crippen LogP contribution in [0, 0.1) is 5.92 Å². The second-order valence-electron chi connectivity index (χ2n) is 4.90. The standard InChI is InChI=1S/C10H15N7O3/c11-8-5-9(14-10(12)13-8)17(16-15-5)4-1-3(2-18)6(19)7(4)20/h3-4,6-7,18-20H,1-2H2,(H4,11,12,13,14)/t3-,4-,6+,7+/m1/s1. The summed E-state index contributed by atoms with van der Waals surface area (Å²) in [7, 11) is 0. The Labute approximate surface area is 113 Å². The molecule has 10 heteroatoms. The van der Waals surface area contributed by atoms with Crippen molar-refractivity contribution in [1.29, 1.82) is 0 Å². The number of anilines is 2. The Balaban J connectivity index is 2.07. The first-order valence-corrected chi connectivity index (χ1v) is 6.13. The van der Waals surface area contributed by atoms with Crippen molar-refractivity contribution in [2.75, 3.05) is 18.1 Å². The van der Waals surface area contributed by atoms with Gasteiger partial charge >= 0.3 is 0 Å². The molecular weight excluding hydrogens is 266 g/mol. The Morgan fingerprint density at radius 2 is 1.95 bits per heavy atom. The predicted octanol–water partition coefficient (Wildman–Crippen LogP) is -2.34. The molecule has 4 atom stereocenters. The van der Waals surface area contributed by atoms with Gasteiger partial charge in [-0.1, -0.05) is 5.21 Å². The Morgan fingerprint density at radius 3 is 2.60 bits per heavy atom. The maximum Gasteiger partial charge on any atom is 0.224 e. The van der Waals surface area contributed by atoms with Gasteiger partial charge in [-0.05, 0) is 6.42 Å². The smallest absolute Gasteiger partial charge is 0.224 e. The van der Waals surface area contributed by atoms with Gasteiger partial charge in [-0.3, -0.25) is 0 Å². The van der Waals surface area contributed by atoms with Crippen LogP contribution >= 0.6 is 0 Å². The molecule has 20 heavy (non-hydrogen) atoms. The number of rotatable bonds is 2. The highest BCUT2D eigenvalue weighted by Crippen LogP contribution is 2.36. The zero-order valence-corrected chi connectivity index (χ0v) is 10.5. The minimum atomic E-state index is -1.07. The summed E-state index contributed by atoms with van der Waals surface area (Å²) in [5.41, 5.74) is 11.8. The third kappa shape index (κ3) is 1.77. The van der Waals surface area contributed by atoms with E-state index in [1.165, 1.54) is 4.68 Å². The van der Waals surface area contributed by atoms with Crippen LogP contribution in [-0.2, 0) is 0 Å². The van der Waals surface area contributed by atoms with Gasteiger partial charge in [0.2, 0.25) is 5.95 Å². The van der Waals surface area contributed by atoms with Crippen molar-refractivity contribution in [3.8, 4) is 0 Å². The largest absolute Gasteiger partial charge is 0.396 e. The zero-order valence-electron chi connectivity index (χ0n) is 10.5. The van der Waals surface area contributed by atoms with E-state index in [1.54, 1.807) is 0 Å². The zero-order chi connectivity index (χ0) is 14.4. The first-order valence-electron chi connectivity index (χ1n) is 6.13. The Bertz CT molecular complexity index is 645. The van der Waals surface area contributed by atoms with Crippen molar-refractivity contribution in [2.24, 2.45) is 5.92 Å². The van der Waals surface area contributed by atoms with Crippen LogP contribution in [-0.4, -0.2) is 59.1 Å². The van der Waals surface area contributed by atoms with E-state index in [9.17, 15) is 15.3 Å². The highest BCUT2D eigenvalue weighted by Gasteiger charge is 2.43. The Hall–Kier alpha value is -2.04. The summed E-state index contributed by atoms with van der Waals surface area (Å²) in [6.07, 6.45) is -1.75. The first-order chi connectivity index (χ1) is 9.52. The lowest BCUT2D eigenvalue weighted by Gasteiger charge is -2.16. The number of aliphatic hydroxyl groups excluding tert-OH is 3. The molecule has 0 radical (unpaired) electrons. The van der Waals surface area contributed by atoms with E-state index >= 15 is 0 Å². The Kier molecular flexibility index (Phi) is 2.92. The van der Waals surface area contributed by atoms with Crippen LogP contribution in [0.5, 0.6) is 0 Å². The number of fused-ring (bicyclic) bond motifs is 1. The molecule has 0 aliphatic heterocycles. The fourth-order valence-corrected chi connectivity index (χ4v) is 2.61. The molecule has 1 aliphatic carbocycles. The topological polar surface area (TPSA) is 169 Å². The number of nitrogens with zero attached hydrogens (tertiary/aromatic N) is 5. The van der Waals surface area contributed by atoms with Crippen LogP contribution in [0.15, 0.2) is 0 Å². The summed E-state index contributed by atoms with van der Waals surface area (Å²) in [6, 6.07) is -0.555. The van der Waals surface area contributed by atoms with Gasteiger partial charge < -0.3 is 26.8 Å². The summed E-state index contributed by atoms with van der Waals surface area (Å²) in [4.78, 5) is 7.80. The molecule has 2 aromatic heterocycles. The third-order valence-electron chi connectivity index (χ3n) is 3.69. The maximum absolute atomic E-state index is 10.1. The molecule has 7 N–H and O–H groups in total. The van der Waals surface area contributed by atoms with E-state index in [2.05, 4.69) is 20.3 Å². The van der Waals surface area contributed by atoms with Gasteiger partial charge in [-0.15, -0.1) is 5.10 Å². The monoisotopic (exact) mass is 281 g/mol. The van der Waals surface area contributed by atoms with E-state index in [0.717, 1.165) is 0 Å². The van der Waals surface area contributed by atoms with Crippen molar-refractivity contribution in [3.05, 3.63) is 0 Å². The molecule has 108 valence electrons. The van der Waals surface area contributed by atoms with Gasteiger partial charge in [0.1, 0.15) is 6.10 Å². The van der Waals surface area contributed by atoms with Crippen LogP contribution in [0.2, 0.25) is 0 Å². The average Bonchev–Trinajstić information content (AvgIpc) is 2.93. The van der Waals surface area contributed by atoms with Crippen LogP contribution in [0.3, 0.4) is 0 Å². The van der Waals surface area contributed by atoms with Crippen LogP contribution in [0.25, 0.3) is 11.2 Å². The van der Waals surface area contributed by atoms with E-state index in [-0.39, 0.29) is 23.9 Å². The molecule has 0 aromatic carbocycles. The molecule has 0 unspecified atom stereocenters. The number of hydrogen-bond acceptors (Lipinski definition) is 9. The molecule has 0 spiro atoms. The van der Waals surface area contributed by atoms with Crippen molar-refractivity contribution in [1.82, 2.24) is 25.0 Å². The minimum absolute atomic E-state index is 0.0229. The lowest BCUT2D eigenvalue weighted by atomic mass is 10.1. The second kappa shape index (κ2) is 4.51. The fourth-order valence-electron chi connectivity index (χ4n) is 2.61. The molecule has 10 nitrogen and oxygen atoms in total. The lowest BCUT2D eigenvalue weighted by Crippen LogP contribution is -2.30. The van der Waals surface area contributed by atoms with Gasteiger partial charge in [-0.2, -0.15) is 9.97 Å². The van der Waals surface area contributed by atoms with Gasteiger partial charge in [0.15, 0.2) is 17.0 Å². The number of nitrogen functional groups attached to an aromatic ring is 2. The van der Waals surface area contributed by atoms with Crippen molar-refractivity contribution in [2.45, 2.75) is 24.7 Å². The maximum atomic E-state index is 10.1. The molecule has 1 saturated carbocycles. The molecule has 1 fully saturated rings. The highest BCUT2D eigenvalue weighted by molar-refractivity contribution is 5.81. The summed E-state index contributed by atoms with van der Waals surface area (Å²) < 4.78 is 1.37. The third-order valence-corrected chi connectivity index (χ3v) is 3.69. The number of aliphatic hydroxyl groups is 3. The van der Waals surface area contributed by atoms with Crippen LogP contribution in [0.4, 0.5) is 11.8 Å². The van der Waals surface area contributed by atoms with Crippen LogP contribution < -0.4 is 11.5 Å². The summed E-state index contributed by atoms with van der Waals surface area (Å²) >= 11 is 0.